The van der Waals surface area contributed by atoms with Crippen molar-refractivity contribution < 1.29 is 14.3 Å². The van der Waals surface area contributed by atoms with Gasteiger partial charge in [0.05, 0.1) is 19.9 Å². The Morgan fingerprint density at radius 2 is 1.68 bits per heavy atom. The molecule has 19 heavy (non-hydrogen) atoms. The van der Waals surface area contributed by atoms with Crippen molar-refractivity contribution in [3.63, 3.8) is 0 Å². The monoisotopic (exact) mass is 257 g/mol. The van der Waals surface area contributed by atoms with Gasteiger partial charge in [-0.2, -0.15) is 0 Å². The molecule has 0 atom stereocenters. The minimum absolute atomic E-state index is 0.140. The van der Waals surface area contributed by atoms with Gasteiger partial charge in [0.15, 0.2) is 5.78 Å². The van der Waals surface area contributed by atoms with Gasteiger partial charge in [-0.1, -0.05) is 6.07 Å². The maximum Gasteiger partial charge on any atom is 0.195 e. The number of carbonyl (C=O) groups excluding carboxylic acids is 1. The van der Waals surface area contributed by atoms with Crippen LogP contribution in [0.15, 0.2) is 42.5 Å². The molecule has 0 saturated heterocycles. The number of anilines is 1. The van der Waals surface area contributed by atoms with E-state index >= 15 is 0 Å². The van der Waals surface area contributed by atoms with Crippen LogP contribution in [0, 0.1) is 0 Å². The molecule has 0 unspecified atom stereocenters. The summed E-state index contributed by atoms with van der Waals surface area (Å²) in [5.74, 6) is 1.06. The Bertz CT molecular complexity index is 591. The molecule has 0 spiro atoms. The molecule has 0 fully saturated rings. The minimum atomic E-state index is -0.140. The zero-order chi connectivity index (χ0) is 13.8. The molecule has 2 N–H and O–H groups in total. The number of nitrogens with two attached hydrogens (primary N) is 1. The van der Waals surface area contributed by atoms with Crippen LogP contribution in [-0.2, 0) is 0 Å². The summed E-state index contributed by atoms with van der Waals surface area (Å²) < 4.78 is 10.2. The molecule has 2 rings (SSSR count). The van der Waals surface area contributed by atoms with Gasteiger partial charge in [-0.3, -0.25) is 4.79 Å². The number of ketones is 1. The number of nitrogen functional groups attached to an aromatic ring is 1. The second-order valence-electron chi connectivity index (χ2n) is 3.98. The molecule has 98 valence electrons. The first kappa shape index (κ1) is 13.0. The van der Waals surface area contributed by atoms with Gasteiger partial charge >= 0.3 is 0 Å². The van der Waals surface area contributed by atoms with Gasteiger partial charge in [-0.15, -0.1) is 0 Å². The SMILES string of the molecule is COc1ccc(C(=O)c2cccc(OC)c2N)cc1. The second-order valence-corrected chi connectivity index (χ2v) is 3.98. The van der Waals surface area contributed by atoms with Crippen LogP contribution in [0.25, 0.3) is 0 Å². The lowest BCUT2D eigenvalue weighted by molar-refractivity contribution is 0.103. The van der Waals surface area contributed by atoms with E-state index in [1.807, 2.05) is 0 Å². The van der Waals surface area contributed by atoms with Crippen LogP contribution in [-0.4, -0.2) is 20.0 Å². The summed E-state index contributed by atoms with van der Waals surface area (Å²) in [6.07, 6.45) is 0. The van der Waals surface area contributed by atoms with E-state index in [1.54, 1.807) is 49.6 Å². The van der Waals surface area contributed by atoms with Crippen LogP contribution in [0.2, 0.25) is 0 Å². The number of para-hydroxylation sites is 1. The highest BCUT2D eigenvalue weighted by Crippen LogP contribution is 2.27. The first-order valence-electron chi connectivity index (χ1n) is 5.78. The van der Waals surface area contributed by atoms with Gasteiger partial charge in [0.1, 0.15) is 11.5 Å². The number of carbonyl (C=O) groups is 1. The molecule has 0 bridgehead atoms. The van der Waals surface area contributed by atoms with Crippen molar-refractivity contribution in [3.05, 3.63) is 53.6 Å². The number of hydrogen-bond donors (Lipinski definition) is 1. The first-order valence-corrected chi connectivity index (χ1v) is 5.78. The molecule has 0 aliphatic carbocycles. The molecule has 2 aromatic carbocycles. The number of ether oxygens (including phenoxy) is 2. The first-order chi connectivity index (χ1) is 9.17. The fraction of sp³-hybridized carbons (Fsp3) is 0.133. The Labute approximate surface area is 111 Å². The Kier molecular flexibility index (Phi) is 3.71. The van der Waals surface area contributed by atoms with Crippen molar-refractivity contribution >= 4 is 11.5 Å². The van der Waals surface area contributed by atoms with Gasteiger partial charge < -0.3 is 15.2 Å². The number of methoxy groups -OCH3 is 2. The van der Waals surface area contributed by atoms with E-state index in [0.717, 1.165) is 0 Å². The standard InChI is InChI=1S/C15H15NO3/c1-18-11-8-6-10(7-9-11)15(17)12-4-3-5-13(19-2)14(12)16/h3-9H,16H2,1-2H3. The summed E-state index contributed by atoms with van der Waals surface area (Å²) in [4.78, 5) is 12.4. The lowest BCUT2D eigenvalue weighted by Gasteiger charge is -2.09. The molecule has 4 heteroatoms. The van der Waals surface area contributed by atoms with Crippen LogP contribution in [0.1, 0.15) is 15.9 Å². The molecule has 0 saturated carbocycles. The third-order valence-corrected chi connectivity index (χ3v) is 2.88. The largest absolute Gasteiger partial charge is 0.497 e. The Hall–Kier alpha value is -2.49. The van der Waals surface area contributed by atoms with Crippen molar-refractivity contribution in [2.75, 3.05) is 20.0 Å². The summed E-state index contributed by atoms with van der Waals surface area (Å²) >= 11 is 0. The highest BCUT2D eigenvalue weighted by molar-refractivity contribution is 6.12. The predicted octanol–water partition coefficient (Wildman–Crippen LogP) is 2.52. The summed E-state index contributed by atoms with van der Waals surface area (Å²) in [7, 11) is 3.10. The van der Waals surface area contributed by atoms with E-state index in [9.17, 15) is 4.79 Å². The molecule has 0 aliphatic heterocycles. The predicted molar refractivity (Wildman–Crippen MR) is 73.8 cm³/mol. The molecule has 0 aliphatic rings. The summed E-state index contributed by atoms with van der Waals surface area (Å²) in [6, 6.07) is 12.0. The van der Waals surface area contributed by atoms with Crippen LogP contribution < -0.4 is 15.2 Å². The fourth-order valence-corrected chi connectivity index (χ4v) is 1.82. The Morgan fingerprint density at radius 3 is 2.26 bits per heavy atom. The molecule has 0 heterocycles. The lowest BCUT2D eigenvalue weighted by atomic mass is 10.0. The van der Waals surface area contributed by atoms with Gasteiger partial charge in [0.2, 0.25) is 0 Å². The summed E-state index contributed by atoms with van der Waals surface area (Å²) in [5, 5.41) is 0. The van der Waals surface area contributed by atoms with E-state index < -0.39 is 0 Å². The van der Waals surface area contributed by atoms with Crippen molar-refractivity contribution in [3.8, 4) is 11.5 Å². The third kappa shape index (κ3) is 2.52. The molecule has 4 nitrogen and oxygen atoms in total. The van der Waals surface area contributed by atoms with Gasteiger partial charge in [-0.05, 0) is 36.4 Å². The molecule has 0 radical (unpaired) electrons. The number of rotatable bonds is 4. The lowest BCUT2D eigenvalue weighted by Crippen LogP contribution is -2.06. The van der Waals surface area contributed by atoms with Crippen molar-refractivity contribution in [1.82, 2.24) is 0 Å². The quantitative estimate of drug-likeness (QED) is 0.675. The highest BCUT2D eigenvalue weighted by atomic mass is 16.5. The van der Waals surface area contributed by atoms with E-state index in [1.165, 1.54) is 7.11 Å². The van der Waals surface area contributed by atoms with Crippen LogP contribution in [0.4, 0.5) is 5.69 Å². The fourth-order valence-electron chi connectivity index (χ4n) is 1.82. The molecular formula is C15H15NO3. The normalized spacial score (nSPS) is 10.0. The Morgan fingerprint density at radius 1 is 1.00 bits per heavy atom. The van der Waals surface area contributed by atoms with Gasteiger partial charge in [0.25, 0.3) is 0 Å². The maximum absolute atomic E-state index is 12.4. The van der Waals surface area contributed by atoms with Crippen LogP contribution in [0.3, 0.4) is 0 Å². The minimum Gasteiger partial charge on any atom is -0.497 e. The van der Waals surface area contributed by atoms with E-state index in [2.05, 4.69) is 0 Å². The van der Waals surface area contributed by atoms with Gasteiger partial charge in [-0.25, -0.2) is 0 Å². The summed E-state index contributed by atoms with van der Waals surface area (Å²) in [5.41, 5.74) is 7.26. The number of hydrogen-bond acceptors (Lipinski definition) is 4. The molecule has 0 amide bonds. The van der Waals surface area contributed by atoms with E-state index in [-0.39, 0.29) is 5.78 Å². The molecular weight excluding hydrogens is 242 g/mol. The zero-order valence-electron chi connectivity index (χ0n) is 10.8. The van der Waals surface area contributed by atoms with Crippen molar-refractivity contribution in [1.29, 1.82) is 0 Å². The van der Waals surface area contributed by atoms with E-state index in [4.69, 9.17) is 15.2 Å². The average molecular weight is 257 g/mol. The van der Waals surface area contributed by atoms with Gasteiger partial charge in [0, 0.05) is 11.1 Å². The zero-order valence-corrected chi connectivity index (χ0v) is 10.8. The maximum atomic E-state index is 12.4. The van der Waals surface area contributed by atoms with Crippen LogP contribution in [0.5, 0.6) is 11.5 Å². The van der Waals surface area contributed by atoms with Crippen LogP contribution >= 0.6 is 0 Å². The van der Waals surface area contributed by atoms with Crippen molar-refractivity contribution in [2.24, 2.45) is 0 Å². The topological polar surface area (TPSA) is 61.5 Å². The second kappa shape index (κ2) is 5.44. The van der Waals surface area contributed by atoms with E-state index in [0.29, 0.717) is 28.3 Å². The molecule has 0 aromatic heterocycles. The highest BCUT2D eigenvalue weighted by Gasteiger charge is 2.14. The Balaban J connectivity index is 2.38. The number of benzene rings is 2. The average Bonchev–Trinajstić information content (AvgIpc) is 2.47. The third-order valence-electron chi connectivity index (χ3n) is 2.88. The van der Waals surface area contributed by atoms with Crippen molar-refractivity contribution in [2.45, 2.75) is 0 Å². The summed E-state index contributed by atoms with van der Waals surface area (Å²) in [6.45, 7) is 0. The molecule has 2 aromatic rings. The smallest absolute Gasteiger partial charge is 0.195 e.